The van der Waals surface area contributed by atoms with E-state index in [1.165, 1.54) is 6.07 Å². The van der Waals surface area contributed by atoms with Gasteiger partial charge in [0.25, 0.3) is 0 Å². The van der Waals surface area contributed by atoms with E-state index in [4.69, 9.17) is 10.2 Å². The van der Waals surface area contributed by atoms with Crippen molar-refractivity contribution in [3.05, 3.63) is 34.0 Å². The molecule has 4 nitrogen and oxygen atoms in total. The molecule has 0 aliphatic heterocycles. The van der Waals surface area contributed by atoms with Crippen LogP contribution >= 0.6 is 11.3 Å². The average Bonchev–Trinajstić information content (AvgIpc) is 2.58. The van der Waals surface area contributed by atoms with Gasteiger partial charge in [0.1, 0.15) is 5.75 Å². The number of hydrogen-bond acceptors (Lipinski definition) is 5. The molecule has 3 rings (SSSR count). The van der Waals surface area contributed by atoms with Crippen LogP contribution in [0, 0.1) is 0 Å². The predicted molar refractivity (Wildman–Crippen MR) is 63.9 cm³/mol. The lowest BCUT2D eigenvalue weighted by atomic mass is 10.1. The molecule has 80 valence electrons. The maximum absolute atomic E-state index is 11.2. The zero-order valence-corrected chi connectivity index (χ0v) is 8.88. The highest BCUT2D eigenvalue weighted by atomic mass is 32.1. The van der Waals surface area contributed by atoms with E-state index in [9.17, 15) is 9.90 Å². The number of benzene rings is 2. The molecule has 2 aromatic carbocycles. The Balaban J connectivity index is 2.69. The van der Waals surface area contributed by atoms with E-state index >= 15 is 0 Å². The van der Waals surface area contributed by atoms with Gasteiger partial charge in [-0.3, -0.25) is 0 Å². The van der Waals surface area contributed by atoms with Crippen molar-refractivity contribution in [1.82, 2.24) is 0 Å². The average molecular weight is 233 g/mol. The summed E-state index contributed by atoms with van der Waals surface area (Å²) in [6.45, 7) is 0. The van der Waals surface area contributed by atoms with Crippen LogP contribution < -0.4 is 10.7 Å². The van der Waals surface area contributed by atoms with E-state index in [-0.39, 0.29) is 10.7 Å². The maximum Gasteiger partial charge on any atom is 0.396 e. The minimum atomic E-state index is -0.385. The van der Waals surface area contributed by atoms with Gasteiger partial charge in [0, 0.05) is 17.1 Å². The van der Waals surface area contributed by atoms with Crippen LogP contribution in [0.3, 0.4) is 0 Å². The number of anilines is 1. The van der Waals surface area contributed by atoms with Gasteiger partial charge in [-0.15, -0.1) is 0 Å². The third-order valence-electron chi connectivity index (χ3n) is 2.47. The highest BCUT2D eigenvalue weighted by molar-refractivity contribution is 7.16. The van der Waals surface area contributed by atoms with Crippen LogP contribution in [0.4, 0.5) is 5.69 Å². The number of phenols is 1. The first-order chi connectivity index (χ1) is 7.66. The number of hydrogen-bond donors (Lipinski definition) is 2. The van der Waals surface area contributed by atoms with Gasteiger partial charge in [-0.05, 0) is 6.07 Å². The molecule has 3 N–H and O–H groups in total. The first-order valence-electron chi connectivity index (χ1n) is 4.60. The second-order valence-electron chi connectivity index (χ2n) is 3.45. The topological polar surface area (TPSA) is 76.5 Å². The first-order valence-corrected chi connectivity index (χ1v) is 5.42. The molecule has 1 heterocycles. The minimum absolute atomic E-state index is 0.0673. The van der Waals surface area contributed by atoms with Gasteiger partial charge < -0.3 is 15.3 Å². The van der Waals surface area contributed by atoms with E-state index < -0.39 is 0 Å². The van der Waals surface area contributed by atoms with Gasteiger partial charge in [0.2, 0.25) is 0 Å². The monoisotopic (exact) mass is 233 g/mol. The van der Waals surface area contributed by atoms with Gasteiger partial charge in [-0.2, -0.15) is 0 Å². The van der Waals surface area contributed by atoms with Crippen LogP contribution in [0.1, 0.15) is 0 Å². The Hall–Kier alpha value is -2.01. The second-order valence-corrected chi connectivity index (χ2v) is 4.42. The summed E-state index contributed by atoms with van der Waals surface area (Å²) < 4.78 is 5.71. The molecule has 0 aliphatic rings. The Morgan fingerprint density at radius 3 is 3.00 bits per heavy atom. The summed E-state index contributed by atoms with van der Waals surface area (Å²) >= 11 is 0.964. The second kappa shape index (κ2) is 2.99. The van der Waals surface area contributed by atoms with Gasteiger partial charge in [-0.1, -0.05) is 23.5 Å². The van der Waals surface area contributed by atoms with Crippen molar-refractivity contribution >= 4 is 38.1 Å². The van der Waals surface area contributed by atoms with Gasteiger partial charge >= 0.3 is 4.94 Å². The summed E-state index contributed by atoms with van der Waals surface area (Å²) in [7, 11) is 0. The Morgan fingerprint density at radius 2 is 2.19 bits per heavy atom. The molecule has 0 fully saturated rings. The molecule has 0 aliphatic carbocycles. The van der Waals surface area contributed by atoms with Gasteiger partial charge in [0.15, 0.2) is 5.58 Å². The minimum Gasteiger partial charge on any atom is -0.507 e. The summed E-state index contributed by atoms with van der Waals surface area (Å²) in [5.74, 6) is 0.0673. The number of nitrogens with two attached hydrogens (primary N) is 1. The summed E-state index contributed by atoms with van der Waals surface area (Å²) in [5, 5.41) is 11.0. The van der Waals surface area contributed by atoms with Crippen molar-refractivity contribution in [3.8, 4) is 5.75 Å². The van der Waals surface area contributed by atoms with E-state index in [0.717, 1.165) is 11.3 Å². The van der Waals surface area contributed by atoms with E-state index in [2.05, 4.69) is 0 Å². The molecule has 0 atom stereocenters. The fourth-order valence-electron chi connectivity index (χ4n) is 1.81. The Kier molecular flexibility index (Phi) is 1.73. The molecule has 0 saturated carbocycles. The van der Waals surface area contributed by atoms with Crippen LogP contribution in [-0.2, 0) is 0 Å². The molecule has 0 spiro atoms. The molecular formula is C11H7NO3S. The van der Waals surface area contributed by atoms with Crippen LogP contribution in [0.5, 0.6) is 5.75 Å². The molecule has 5 heteroatoms. The fraction of sp³-hybridized carbons (Fsp3) is 0. The van der Waals surface area contributed by atoms with Crippen molar-refractivity contribution in [2.45, 2.75) is 0 Å². The quantitative estimate of drug-likeness (QED) is 0.584. The molecule has 0 amide bonds. The summed E-state index contributed by atoms with van der Waals surface area (Å²) in [4.78, 5) is 10.8. The van der Waals surface area contributed by atoms with Crippen molar-refractivity contribution in [2.75, 3.05) is 5.73 Å². The Morgan fingerprint density at radius 1 is 1.38 bits per heavy atom. The lowest BCUT2D eigenvalue weighted by Crippen LogP contribution is -1.87. The molecule has 1 aromatic heterocycles. The maximum atomic E-state index is 11.2. The smallest absolute Gasteiger partial charge is 0.396 e. The lowest BCUT2D eigenvalue weighted by molar-refractivity contribution is 0.482. The van der Waals surface area contributed by atoms with Crippen LogP contribution in [0.15, 0.2) is 33.5 Å². The Labute approximate surface area is 93.5 Å². The SMILES string of the molecule is Nc1cccc2c1c(O)cc1sc(=O)oc12. The lowest BCUT2D eigenvalue weighted by Gasteiger charge is -2.04. The van der Waals surface area contributed by atoms with Crippen molar-refractivity contribution in [3.63, 3.8) is 0 Å². The number of rotatable bonds is 0. The summed E-state index contributed by atoms with van der Waals surface area (Å²) in [6, 6.07) is 6.72. The van der Waals surface area contributed by atoms with E-state index in [0.29, 0.717) is 26.7 Å². The van der Waals surface area contributed by atoms with Crippen LogP contribution in [0.2, 0.25) is 0 Å². The van der Waals surface area contributed by atoms with Gasteiger partial charge in [-0.25, -0.2) is 4.79 Å². The third kappa shape index (κ3) is 1.12. The largest absolute Gasteiger partial charge is 0.507 e. The normalized spacial score (nSPS) is 11.2. The van der Waals surface area contributed by atoms with Crippen molar-refractivity contribution in [2.24, 2.45) is 0 Å². The molecule has 0 bridgehead atoms. The third-order valence-corrected chi connectivity index (χ3v) is 3.24. The van der Waals surface area contributed by atoms with Crippen molar-refractivity contribution < 1.29 is 9.52 Å². The highest BCUT2D eigenvalue weighted by Crippen LogP contribution is 2.36. The fourth-order valence-corrected chi connectivity index (χ4v) is 2.53. The summed E-state index contributed by atoms with van der Waals surface area (Å²) in [5.41, 5.74) is 6.72. The molecule has 16 heavy (non-hydrogen) atoms. The summed E-state index contributed by atoms with van der Waals surface area (Å²) in [6.07, 6.45) is 0. The number of aromatic hydroxyl groups is 1. The van der Waals surface area contributed by atoms with Crippen LogP contribution in [-0.4, -0.2) is 5.11 Å². The van der Waals surface area contributed by atoms with E-state index in [1.54, 1.807) is 18.2 Å². The Bertz CT molecular complexity index is 757. The number of fused-ring (bicyclic) bond motifs is 3. The number of phenolic OH excluding ortho intramolecular Hbond substituents is 1. The zero-order chi connectivity index (χ0) is 11.3. The molecule has 0 radical (unpaired) electrons. The molecule has 3 aromatic rings. The first kappa shape index (κ1) is 9.23. The molecular weight excluding hydrogens is 226 g/mol. The zero-order valence-electron chi connectivity index (χ0n) is 8.06. The standard InChI is InChI=1S/C11H7NO3S/c12-6-3-1-2-5-9(6)7(13)4-8-10(5)15-11(14)16-8/h1-4,13H,12H2. The highest BCUT2D eigenvalue weighted by Gasteiger charge is 2.12. The molecule has 0 unspecified atom stereocenters. The van der Waals surface area contributed by atoms with E-state index in [1.807, 2.05) is 0 Å². The number of nitrogen functional groups attached to an aromatic ring is 1. The van der Waals surface area contributed by atoms with Gasteiger partial charge in [0.05, 0.1) is 10.1 Å². The molecule has 0 saturated heterocycles. The van der Waals surface area contributed by atoms with Crippen LogP contribution in [0.25, 0.3) is 21.1 Å². The van der Waals surface area contributed by atoms with Crippen molar-refractivity contribution in [1.29, 1.82) is 0 Å². The predicted octanol–water partition coefficient (Wildman–Crippen LogP) is 2.30.